The highest BCUT2D eigenvalue weighted by Gasteiger charge is 2.41. The van der Waals surface area contributed by atoms with Gasteiger partial charge in [0.25, 0.3) is 5.24 Å². The molecular formula is C22H22N2O5S2. The van der Waals surface area contributed by atoms with Crippen molar-refractivity contribution in [2.45, 2.75) is 36.5 Å². The van der Waals surface area contributed by atoms with Crippen molar-refractivity contribution >= 4 is 38.6 Å². The van der Waals surface area contributed by atoms with Crippen LogP contribution >= 0.6 is 11.8 Å². The van der Waals surface area contributed by atoms with Gasteiger partial charge in [-0.2, -0.15) is 0 Å². The van der Waals surface area contributed by atoms with Crippen molar-refractivity contribution in [3.05, 3.63) is 59.2 Å². The molecule has 9 heteroatoms. The largest absolute Gasteiger partial charge is 0.486 e. The third-order valence-corrected chi connectivity index (χ3v) is 8.44. The van der Waals surface area contributed by atoms with Gasteiger partial charge in [0.1, 0.15) is 17.1 Å². The second-order valence-corrected chi connectivity index (χ2v) is 11.1. The Morgan fingerprint density at radius 1 is 1.10 bits per heavy atom. The molecule has 2 heterocycles. The number of carbonyl (C=O) groups is 2. The van der Waals surface area contributed by atoms with Gasteiger partial charge >= 0.3 is 0 Å². The molecule has 2 aromatic rings. The summed E-state index contributed by atoms with van der Waals surface area (Å²) in [5.41, 5.74) is 3.76. The average molecular weight is 459 g/mol. The first-order chi connectivity index (χ1) is 14.8. The highest BCUT2D eigenvalue weighted by atomic mass is 32.2. The van der Waals surface area contributed by atoms with Crippen LogP contribution in [0.25, 0.3) is 0 Å². The van der Waals surface area contributed by atoms with Gasteiger partial charge < -0.3 is 4.74 Å². The van der Waals surface area contributed by atoms with E-state index in [4.69, 9.17) is 4.74 Å². The molecule has 2 aliphatic heterocycles. The first kappa shape index (κ1) is 20.4. The molecule has 1 N–H and O–H groups in total. The average Bonchev–Trinajstić information content (AvgIpc) is 3.29. The number of para-hydroxylation sites is 1. The second kappa shape index (κ2) is 7.56. The topological polar surface area (TPSA) is 92.8 Å². The molecule has 7 nitrogen and oxygen atoms in total. The first-order valence-electron chi connectivity index (χ1n) is 10.2. The van der Waals surface area contributed by atoms with Gasteiger partial charge in [0.15, 0.2) is 0 Å². The van der Waals surface area contributed by atoms with Gasteiger partial charge in [0.05, 0.1) is 11.9 Å². The molecule has 0 aromatic heterocycles. The van der Waals surface area contributed by atoms with E-state index >= 15 is 0 Å². The van der Waals surface area contributed by atoms with E-state index in [9.17, 15) is 18.0 Å². The lowest BCUT2D eigenvalue weighted by Gasteiger charge is -2.34. The lowest BCUT2D eigenvalue weighted by atomic mass is 9.96. The highest BCUT2D eigenvalue weighted by Crippen LogP contribution is 2.44. The zero-order valence-electron chi connectivity index (χ0n) is 16.9. The summed E-state index contributed by atoms with van der Waals surface area (Å²) >= 11 is 1.08. The summed E-state index contributed by atoms with van der Waals surface area (Å²) in [4.78, 5) is 23.7. The normalized spacial score (nSPS) is 25.2. The van der Waals surface area contributed by atoms with Crippen LogP contribution in [0.3, 0.4) is 0 Å². The van der Waals surface area contributed by atoms with Gasteiger partial charge in [-0.25, -0.2) is 8.42 Å². The molecule has 2 unspecified atom stereocenters. The van der Waals surface area contributed by atoms with Crippen LogP contribution in [-0.2, 0) is 21.2 Å². The number of thioether (sulfide) groups is 1. The van der Waals surface area contributed by atoms with Crippen molar-refractivity contribution in [2.24, 2.45) is 0 Å². The fourth-order valence-electron chi connectivity index (χ4n) is 4.78. The number of amides is 2. The predicted molar refractivity (Wildman–Crippen MR) is 119 cm³/mol. The van der Waals surface area contributed by atoms with Crippen molar-refractivity contribution in [3.63, 3.8) is 0 Å². The summed E-state index contributed by atoms with van der Waals surface area (Å²) in [6.45, 7) is 0.371. The molecule has 1 saturated heterocycles. The number of sulfonamides is 1. The lowest BCUT2D eigenvalue weighted by molar-refractivity contribution is -0.119. The first-order valence-corrected chi connectivity index (χ1v) is 12.9. The molecule has 1 fully saturated rings. The zero-order chi connectivity index (χ0) is 21.8. The number of imide groups is 1. The van der Waals surface area contributed by atoms with Crippen LogP contribution < -0.4 is 14.4 Å². The quantitative estimate of drug-likeness (QED) is 0.755. The molecule has 1 aliphatic carbocycles. The number of benzene rings is 2. The molecule has 0 saturated carbocycles. The van der Waals surface area contributed by atoms with Crippen LogP contribution in [0.15, 0.2) is 42.5 Å². The van der Waals surface area contributed by atoms with Gasteiger partial charge in [-0.15, -0.1) is 0 Å². The number of fused-ring (bicyclic) bond motifs is 2. The number of rotatable bonds is 4. The molecule has 2 aromatic carbocycles. The zero-order valence-corrected chi connectivity index (χ0v) is 18.5. The van der Waals surface area contributed by atoms with E-state index < -0.39 is 10.0 Å². The van der Waals surface area contributed by atoms with Gasteiger partial charge in [0.2, 0.25) is 15.9 Å². The van der Waals surface area contributed by atoms with Crippen molar-refractivity contribution in [3.8, 4) is 5.75 Å². The van der Waals surface area contributed by atoms with Crippen LogP contribution in [0.5, 0.6) is 5.75 Å². The molecular weight excluding hydrogens is 436 g/mol. The van der Waals surface area contributed by atoms with Gasteiger partial charge in [-0.05, 0) is 42.2 Å². The van der Waals surface area contributed by atoms with Gasteiger partial charge in [0, 0.05) is 24.4 Å². The number of nitrogens with one attached hydrogen (secondary N) is 1. The lowest BCUT2D eigenvalue weighted by Crippen LogP contribution is -2.36. The molecule has 162 valence electrons. The Morgan fingerprint density at radius 3 is 2.65 bits per heavy atom. The SMILES string of the molecule is CS(=O)(=O)N1CCC(Oc2ccc3c(c2)CC[C@H]3C2SC(=O)NC2=O)c2ccccc21. The summed E-state index contributed by atoms with van der Waals surface area (Å²) in [5.74, 6) is 0.549. The minimum absolute atomic E-state index is 0.0271. The van der Waals surface area contributed by atoms with Crippen molar-refractivity contribution in [2.75, 3.05) is 17.1 Å². The van der Waals surface area contributed by atoms with Crippen LogP contribution in [0.1, 0.15) is 41.6 Å². The highest BCUT2D eigenvalue weighted by molar-refractivity contribution is 8.15. The summed E-state index contributed by atoms with van der Waals surface area (Å²) in [5, 5.41) is 1.73. The van der Waals surface area contributed by atoms with Gasteiger partial charge in [-0.1, -0.05) is 36.0 Å². The number of carbonyl (C=O) groups excluding carboxylic acids is 2. The Morgan fingerprint density at radius 2 is 1.90 bits per heavy atom. The number of ether oxygens (including phenoxy) is 1. The van der Waals surface area contributed by atoms with Crippen molar-refractivity contribution in [1.82, 2.24) is 5.32 Å². The fraction of sp³-hybridized carbons (Fsp3) is 0.364. The maximum Gasteiger partial charge on any atom is 0.286 e. The minimum Gasteiger partial charge on any atom is -0.486 e. The molecule has 0 bridgehead atoms. The van der Waals surface area contributed by atoms with E-state index in [0.29, 0.717) is 18.7 Å². The Labute approximate surface area is 185 Å². The van der Waals surface area contributed by atoms with Crippen LogP contribution in [0, 0.1) is 0 Å². The van der Waals surface area contributed by atoms with E-state index in [1.165, 1.54) is 10.6 Å². The standard InChI is InChI=1S/C22H22N2O5S2/c1-31(27,28)24-11-10-19(17-4-2-3-5-18(17)24)29-14-7-9-15-13(12-14)6-8-16(15)20-21(25)23-22(26)30-20/h2-5,7,9,12,16,19-20H,6,8,10-11H2,1H3,(H,23,25,26)/t16-,19?,20?/m1/s1. The second-order valence-electron chi connectivity index (χ2n) is 8.11. The third-order valence-electron chi connectivity index (χ3n) is 6.15. The number of anilines is 1. The number of hydrogen-bond acceptors (Lipinski definition) is 6. The van der Waals surface area contributed by atoms with E-state index in [-0.39, 0.29) is 28.4 Å². The van der Waals surface area contributed by atoms with Crippen LogP contribution in [-0.4, -0.2) is 37.6 Å². The van der Waals surface area contributed by atoms with Crippen LogP contribution in [0.4, 0.5) is 10.5 Å². The molecule has 0 spiro atoms. The molecule has 3 aliphatic rings. The van der Waals surface area contributed by atoms with Crippen molar-refractivity contribution < 1.29 is 22.7 Å². The summed E-state index contributed by atoms with van der Waals surface area (Å²) < 4.78 is 32.1. The van der Waals surface area contributed by atoms with Crippen LogP contribution in [0.2, 0.25) is 0 Å². The fourth-order valence-corrected chi connectivity index (χ4v) is 6.74. The Hall–Kier alpha value is -2.52. The predicted octanol–water partition coefficient (Wildman–Crippen LogP) is 3.36. The molecule has 31 heavy (non-hydrogen) atoms. The summed E-state index contributed by atoms with van der Waals surface area (Å²) in [6, 6.07) is 13.4. The molecule has 2 amide bonds. The Balaban J connectivity index is 1.38. The minimum atomic E-state index is -3.35. The maximum atomic E-state index is 12.2. The Bertz CT molecular complexity index is 1180. The monoisotopic (exact) mass is 458 g/mol. The maximum absolute atomic E-state index is 12.2. The summed E-state index contributed by atoms with van der Waals surface area (Å²) in [6.07, 6.45) is 3.20. The molecule has 3 atom stereocenters. The van der Waals surface area contributed by atoms with E-state index in [1.807, 2.05) is 42.5 Å². The van der Waals surface area contributed by atoms with E-state index in [1.54, 1.807) is 0 Å². The number of nitrogens with zero attached hydrogens (tertiary/aromatic N) is 1. The van der Waals surface area contributed by atoms with Crippen molar-refractivity contribution in [1.29, 1.82) is 0 Å². The smallest absolute Gasteiger partial charge is 0.286 e. The summed E-state index contributed by atoms with van der Waals surface area (Å²) in [7, 11) is -3.35. The van der Waals surface area contributed by atoms with E-state index in [0.717, 1.165) is 47.0 Å². The Kier molecular flexibility index (Phi) is 4.97. The third kappa shape index (κ3) is 3.70. The molecule has 0 radical (unpaired) electrons. The van der Waals surface area contributed by atoms with Gasteiger partial charge in [-0.3, -0.25) is 19.2 Å². The number of aryl methyl sites for hydroxylation is 1. The number of hydrogen-bond donors (Lipinski definition) is 1. The molecule has 5 rings (SSSR count). The van der Waals surface area contributed by atoms with E-state index in [2.05, 4.69) is 5.32 Å².